The lowest BCUT2D eigenvalue weighted by Gasteiger charge is -2.23. The van der Waals surface area contributed by atoms with Crippen molar-refractivity contribution in [2.45, 2.75) is 86.8 Å². The van der Waals surface area contributed by atoms with E-state index in [1.54, 1.807) is 98.7 Å². The first-order chi connectivity index (χ1) is 20.8. The normalized spacial score (nSPS) is 12.4. The van der Waals surface area contributed by atoms with Crippen LogP contribution in [0.2, 0.25) is 0 Å². The number of ether oxygens (including phenoxy) is 5. The van der Waals surface area contributed by atoms with Crippen LogP contribution in [0.4, 0.5) is 4.79 Å². The molecule has 11 nitrogen and oxygen atoms in total. The van der Waals surface area contributed by atoms with Gasteiger partial charge in [0.25, 0.3) is 0 Å². The number of hydrogen-bond acceptors (Lipinski definition) is 10. The minimum absolute atomic E-state index is 0.0163. The van der Waals surface area contributed by atoms with Gasteiger partial charge >= 0.3 is 30.0 Å². The van der Waals surface area contributed by atoms with Crippen LogP contribution in [0.1, 0.15) is 84.7 Å². The molecule has 0 heterocycles. The van der Waals surface area contributed by atoms with Crippen molar-refractivity contribution in [1.82, 2.24) is 5.32 Å². The molecule has 0 unspecified atom stereocenters. The maximum absolute atomic E-state index is 13.1. The number of hydrogen-bond donors (Lipinski definition) is 1. The zero-order valence-electron chi connectivity index (χ0n) is 27.6. The van der Waals surface area contributed by atoms with Gasteiger partial charge in [0.1, 0.15) is 11.6 Å². The summed E-state index contributed by atoms with van der Waals surface area (Å²) in [6.45, 7) is 15.1. The van der Waals surface area contributed by atoms with Crippen LogP contribution in [-0.4, -0.2) is 54.8 Å². The number of carbonyl (C=O) groups excluding carboxylic acids is 5. The van der Waals surface area contributed by atoms with E-state index in [0.29, 0.717) is 11.1 Å². The summed E-state index contributed by atoms with van der Waals surface area (Å²) in [6.07, 6.45) is -0.685. The number of nitrogens with one attached hydrogen (secondary N) is 1. The van der Waals surface area contributed by atoms with Gasteiger partial charge in [-0.3, -0.25) is 9.59 Å². The van der Waals surface area contributed by atoms with E-state index in [2.05, 4.69) is 5.32 Å². The highest BCUT2D eigenvalue weighted by atomic mass is 16.6. The zero-order valence-corrected chi connectivity index (χ0v) is 27.6. The van der Waals surface area contributed by atoms with Gasteiger partial charge in [-0.1, -0.05) is 24.3 Å². The van der Waals surface area contributed by atoms with Crippen LogP contribution >= 0.6 is 0 Å². The summed E-state index contributed by atoms with van der Waals surface area (Å²) < 4.78 is 27.1. The summed E-state index contributed by atoms with van der Waals surface area (Å²) in [5.74, 6) is -2.35. The smallest absolute Gasteiger partial charge is 0.408 e. The summed E-state index contributed by atoms with van der Waals surface area (Å²) in [5, 5.41) is 2.54. The fourth-order valence-corrected chi connectivity index (χ4v) is 3.38. The highest BCUT2D eigenvalue weighted by Gasteiger charge is 2.30. The monoisotopic (exact) mass is 627 g/mol. The highest BCUT2D eigenvalue weighted by Crippen LogP contribution is 2.33. The quantitative estimate of drug-likeness (QED) is 0.140. The third-order valence-electron chi connectivity index (χ3n) is 5.83. The van der Waals surface area contributed by atoms with E-state index < -0.39 is 52.4 Å². The predicted octanol–water partition coefficient (Wildman–Crippen LogP) is 5.82. The minimum atomic E-state index is -1.19. The molecule has 0 aliphatic heterocycles. The molecule has 2 aromatic carbocycles. The molecule has 2 aromatic rings. The lowest BCUT2D eigenvalue weighted by Crippen LogP contribution is -2.45. The number of rotatable bonds is 11. The molecule has 0 radical (unpaired) electrons. The Balaban J connectivity index is 2.21. The van der Waals surface area contributed by atoms with Crippen molar-refractivity contribution >= 4 is 30.0 Å². The van der Waals surface area contributed by atoms with Gasteiger partial charge in [-0.05, 0) is 92.1 Å². The Labute approximate surface area is 264 Å². The molecule has 1 N–H and O–H groups in total. The number of alkyl carbamates (subject to hydrolysis) is 1. The van der Waals surface area contributed by atoms with E-state index in [9.17, 15) is 24.0 Å². The van der Waals surface area contributed by atoms with E-state index in [1.165, 1.54) is 12.1 Å². The Morgan fingerprint density at radius 1 is 0.711 bits per heavy atom. The largest absolute Gasteiger partial charge is 0.464 e. The number of carbonyl (C=O) groups is 5. The van der Waals surface area contributed by atoms with Gasteiger partial charge in [0.05, 0.1) is 29.6 Å². The van der Waals surface area contributed by atoms with Crippen molar-refractivity contribution in [2.24, 2.45) is 10.8 Å². The summed E-state index contributed by atoms with van der Waals surface area (Å²) in [5.41, 5.74) is -1.63. The van der Waals surface area contributed by atoms with Crippen LogP contribution in [0.15, 0.2) is 48.5 Å². The Hall–Kier alpha value is -4.41. The SMILES string of the molecule is CC(C)(C)OC(=O)N[C@@H](Cc1ccc(OC(=O)C(C)(C)C)c(OC(=O)C(C)(C)C)c1)C(=O)OCCCOC(=O)c1ccccc1. The molecule has 0 aliphatic carbocycles. The molecule has 246 valence electrons. The molecule has 45 heavy (non-hydrogen) atoms. The Bertz CT molecular complexity index is 1350. The molecule has 11 heteroatoms. The standard InChI is InChI=1S/C34H45NO10/c1-32(2,3)29(38)43-25-17-16-22(21-26(25)44-30(39)33(4,5)6)20-24(35-31(40)45-34(7,8)9)28(37)42-19-13-18-41-27(36)23-14-11-10-12-15-23/h10-12,14-17,21,24H,13,18-20H2,1-9H3,(H,35,40)/t24-/m0/s1. The van der Waals surface area contributed by atoms with Crippen LogP contribution < -0.4 is 14.8 Å². The van der Waals surface area contributed by atoms with E-state index >= 15 is 0 Å². The Kier molecular flexibility index (Phi) is 12.7. The summed E-state index contributed by atoms with van der Waals surface area (Å²) in [6, 6.07) is 11.8. The summed E-state index contributed by atoms with van der Waals surface area (Å²) in [4.78, 5) is 63.2. The van der Waals surface area contributed by atoms with Gasteiger partial charge in [-0.25, -0.2) is 14.4 Å². The van der Waals surface area contributed by atoms with Crippen molar-refractivity contribution in [2.75, 3.05) is 13.2 Å². The maximum Gasteiger partial charge on any atom is 0.408 e. The molecule has 2 rings (SSSR count). The fourth-order valence-electron chi connectivity index (χ4n) is 3.38. The van der Waals surface area contributed by atoms with Crippen molar-refractivity contribution in [3.8, 4) is 11.5 Å². The first-order valence-electron chi connectivity index (χ1n) is 14.7. The van der Waals surface area contributed by atoms with Crippen LogP contribution in [0, 0.1) is 10.8 Å². The third kappa shape index (κ3) is 13.0. The molecule has 0 fully saturated rings. The fraction of sp³-hybridized carbons (Fsp3) is 0.500. The van der Waals surface area contributed by atoms with Crippen molar-refractivity contribution in [1.29, 1.82) is 0 Å². The van der Waals surface area contributed by atoms with Crippen LogP contribution in [-0.2, 0) is 35.0 Å². The van der Waals surface area contributed by atoms with E-state index in [1.807, 2.05) is 0 Å². The summed E-state index contributed by atoms with van der Waals surface area (Å²) in [7, 11) is 0. The van der Waals surface area contributed by atoms with Crippen molar-refractivity contribution in [3.63, 3.8) is 0 Å². The molecule has 1 atom stereocenters. The second kappa shape index (κ2) is 15.5. The topological polar surface area (TPSA) is 144 Å². The van der Waals surface area contributed by atoms with Gasteiger partial charge in [-0.15, -0.1) is 0 Å². The van der Waals surface area contributed by atoms with Gasteiger partial charge < -0.3 is 29.0 Å². The first-order valence-corrected chi connectivity index (χ1v) is 14.7. The molecular weight excluding hydrogens is 582 g/mol. The Morgan fingerprint density at radius 2 is 1.27 bits per heavy atom. The molecule has 0 saturated heterocycles. The molecule has 0 aliphatic rings. The van der Waals surface area contributed by atoms with Gasteiger partial charge in [0.15, 0.2) is 11.5 Å². The van der Waals surface area contributed by atoms with E-state index in [0.717, 1.165) is 0 Å². The average Bonchev–Trinajstić information content (AvgIpc) is 2.92. The lowest BCUT2D eigenvalue weighted by molar-refractivity contribution is -0.146. The van der Waals surface area contributed by atoms with Crippen LogP contribution in [0.3, 0.4) is 0 Å². The number of benzene rings is 2. The highest BCUT2D eigenvalue weighted by molar-refractivity contribution is 5.89. The predicted molar refractivity (Wildman–Crippen MR) is 166 cm³/mol. The summed E-state index contributed by atoms with van der Waals surface area (Å²) >= 11 is 0. The molecule has 1 amide bonds. The van der Waals surface area contributed by atoms with Crippen LogP contribution in [0.5, 0.6) is 11.5 Å². The Morgan fingerprint density at radius 3 is 1.82 bits per heavy atom. The van der Waals surface area contributed by atoms with Crippen molar-refractivity contribution in [3.05, 3.63) is 59.7 Å². The number of esters is 4. The molecule has 0 bridgehead atoms. The third-order valence-corrected chi connectivity index (χ3v) is 5.83. The molecule has 0 spiro atoms. The van der Waals surface area contributed by atoms with Gasteiger partial charge in [0, 0.05) is 12.8 Å². The maximum atomic E-state index is 13.1. The second-order valence-electron chi connectivity index (χ2n) is 13.5. The van der Waals surface area contributed by atoms with Crippen molar-refractivity contribution < 1.29 is 47.7 Å². The van der Waals surface area contributed by atoms with Crippen LogP contribution in [0.25, 0.3) is 0 Å². The number of amides is 1. The second-order valence-corrected chi connectivity index (χ2v) is 13.5. The molecule has 0 saturated carbocycles. The average molecular weight is 628 g/mol. The first kappa shape index (κ1) is 36.8. The minimum Gasteiger partial charge on any atom is -0.464 e. The molecule has 0 aromatic heterocycles. The van der Waals surface area contributed by atoms with Gasteiger partial charge in [-0.2, -0.15) is 0 Å². The van der Waals surface area contributed by atoms with E-state index in [4.69, 9.17) is 23.7 Å². The van der Waals surface area contributed by atoms with E-state index in [-0.39, 0.29) is 37.6 Å². The molecular formula is C34H45NO10. The lowest BCUT2D eigenvalue weighted by atomic mass is 9.97. The zero-order chi connectivity index (χ0) is 34.0. The van der Waals surface area contributed by atoms with Gasteiger partial charge in [0.2, 0.25) is 0 Å².